The minimum Gasteiger partial charge on any atom is -0.377 e. The molecule has 4 heteroatoms. The minimum atomic E-state index is 0.191. The Labute approximate surface area is 136 Å². The van der Waals surface area contributed by atoms with Gasteiger partial charge in [0.2, 0.25) is 0 Å². The van der Waals surface area contributed by atoms with E-state index in [0.29, 0.717) is 5.56 Å². The molecule has 0 aromatic heterocycles. The number of halogens is 2. The van der Waals surface area contributed by atoms with E-state index in [4.69, 9.17) is 0 Å². The van der Waals surface area contributed by atoms with E-state index < -0.39 is 0 Å². The van der Waals surface area contributed by atoms with Crippen LogP contribution in [-0.4, -0.2) is 0 Å². The van der Waals surface area contributed by atoms with E-state index >= 15 is 0 Å². The maximum absolute atomic E-state index is 9.22. The van der Waals surface area contributed by atoms with Crippen molar-refractivity contribution in [2.75, 3.05) is 5.32 Å². The van der Waals surface area contributed by atoms with E-state index in [2.05, 4.69) is 62.3 Å². The Kier molecular flexibility index (Phi) is 5.22. The first-order valence-corrected chi connectivity index (χ1v) is 7.94. The zero-order chi connectivity index (χ0) is 14.5. The van der Waals surface area contributed by atoms with Crippen molar-refractivity contribution in [1.29, 1.82) is 5.26 Å². The molecule has 0 aliphatic rings. The molecule has 1 N–H and O–H groups in total. The van der Waals surface area contributed by atoms with Crippen LogP contribution in [-0.2, 0) is 0 Å². The van der Waals surface area contributed by atoms with E-state index in [-0.39, 0.29) is 6.04 Å². The molecule has 2 nitrogen and oxygen atoms in total. The highest BCUT2D eigenvalue weighted by Crippen LogP contribution is 2.27. The standard InChI is InChI=1S/C16H14Br2N2/c1-2-15(11-3-5-13(17)6-4-11)20-16-8-7-14(18)9-12(16)10-19/h3-9,15,20H,2H2,1H3. The number of anilines is 1. The Balaban J connectivity index is 2.27. The van der Waals surface area contributed by atoms with Gasteiger partial charge in [-0.2, -0.15) is 5.26 Å². The van der Waals surface area contributed by atoms with Crippen molar-refractivity contribution in [3.05, 3.63) is 62.5 Å². The Morgan fingerprint density at radius 1 is 1.10 bits per heavy atom. The molecule has 1 atom stereocenters. The van der Waals surface area contributed by atoms with Gasteiger partial charge in [0.05, 0.1) is 17.3 Å². The van der Waals surface area contributed by atoms with Crippen molar-refractivity contribution < 1.29 is 0 Å². The van der Waals surface area contributed by atoms with E-state index in [1.165, 1.54) is 5.56 Å². The lowest BCUT2D eigenvalue weighted by Crippen LogP contribution is -2.10. The van der Waals surface area contributed by atoms with Gasteiger partial charge in [-0.25, -0.2) is 0 Å². The van der Waals surface area contributed by atoms with Crippen LogP contribution >= 0.6 is 31.9 Å². The van der Waals surface area contributed by atoms with E-state index in [0.717, 1.165) is 21.1 Å². The third-order valence-corrected chi connectivity index (χ3v) is 4.13. The first-order valence-electron chi connectivity index (χ1n) is 6.35. The summed E-state index contributed by atoms with van der Waals surface area (Å²) in [6.07, 6.45) is 0.947. The second-order valence-corrected chi connectivity index (χ2v) is 6.29. The topological polar surface area (TPSA) is 35.8 Å². The molecule has 0 fully saturated rings. The first-order chi connectivity index (χ1) is 9.63. The van der Waals surface area contributed by atoms with Crippen LogP contribution in [0.5, 0.6) is 0 Å². The number of nitriles is 1. The molecule has 0 aliphatic heterocycles. The van der Waals surface area contributed by atoms with Crippen LogP contribution in [0, 0.1) is 11.3 Å². The van der Waals surface area contributed by atoms with Gasteiger partial charge in [0.1, 0.15) is 6.07 Å². The monoisotopic (exact) mass is 392 g/mol. The SMILES string of the molecule is CCC(Nc1ccc(Br)cc1C#N)c1ccc(Br)cc1. The van der Waals surface area contributed by atoms with Gasteiger partial charge in [-0.15, -0.1) is 0 Å². The molecule has 0 heterocycles. The molecule has 0 spiro atoms. The Hall–Kier alpha value is -1.31. The predicted octanol–water partition coefficient (Wildman–Crippen LogP) is 5.65. The maximum Gasteiger partial charge on any atom is 0.101 e. The van der Waals surface area contributed by atoms with Crippen molar-refractivity contribution in [2.24, 2.45) is 0 Å². The molecule has 1 unspecified atom stereocenters. The Morgan fingerprint density at radius 3 is 2.35 bits per heavy atom. The fourth-order valence-corrected chi connectivity index (χ4v) is 2.66. The summed E-state index contributed by atoms with van der Waals surface area (Å²) in [6, 6.07) is 16.4. The summed E-state index contributed by atoms with van der Waals surface area (Å²) in [7, 11) is 0. The number of nitrogens with zero attached hydrogens (tertiary/aromatic N) is 1. The largest absolute Gasteiger partial charge is 0.377 e. The summed E-state index contributed by atoms with van der Waals surface area (Å²) < 4.78 is 1.98. The minimum absolute atomic E-state index is 0.191. The summed E-state index contributed by atoms with van der Waals surface area (Å²) in [4.78, 5) is 0. The summed E-state index contributed by atoms with van der Waals surface area (Å²) in [6.45, 7) is 2.13. The Bertz CT molecular complexity index is 630. The number of hydrogen-bond acceptors (Lipinski definition) is 2. The molecule has 20 heavy (non-hydrogen) atoms. The lowest BCUT2D eigenvalue weighted by molar-refractivity contribution is 0.749. The van der Waals surface area contributed by atoms with E-state index in [1.807, 2.05) is 30.3 Å². The molecule has 2 aromatic rings. The molecule has 102 valence electrons. The zero-order valence-electron chi connectivity index (χ0n) is 11.0. The van der Waals surface area contributed by atoms with Crippen molar-refractivity contribution in [2.45, 2.75) is 19.4 Å². The molecule has 0 aliphatic carbocycles. The van der Waals surface area contributed by atoms with E-state index in [9.17, 15) is 5.26 Å². The summed E-state index contributed by atoms with van der Waals surface area (Å²) in [5.74, 6) is 0. The maximum atomic E-state index is 9.22. The smallest absolute Gasteiger partial charge is 0.101 e. The summed E-state index contributed by atoms with van der Waals surface area (Å²) >= 11 is 6.83. The van der Waals surface area contributed by atoms with Crippen LogP contribution in [0.1, 0.15) is 30.5 Å². The summed E-state index contributed by atoms with van der Waals surface area (Å²) in [5.41, 5.74) is 2.72. The second-order valence-electron chi connectivity index (χ2n) is 4.46. The number of nitrogens with one attached hydrogen (secondary N) is 1. The van der Waals surface area contributed by atoms with Gasteiger partial charge in [0.15, 0.2) is 0 Å². The first kappa shape index (κ1) is 15.1. The highest BCUT2D eigenvalue weighted by atomic mass is 79.9. The number of hydrogen-bond donors (Lipinski definition) is 1. The van der Waals surface area contributed by atoms with Crippen LogP contribution in [0.25, 0.3) is 0 Å². The van der Waals surface area contributed by atoms with Gasteiger partial charge < -0.3 is 5.32 Å². The van der Waals surface area contributed by atoms with Crippen LogP contribution in [0.2, 0.25) is 0 Å². The molecule has 2 rings (SSSR count). The lowest BCUT2D eigenvalue weighted by atomic mass is 10.0. The van der Waals surface area contributed by atoms with Crippen LogP contribution in [0.4, 0.5) is 5.69 Å². The molecule has 0 saturated heterocycles. The van der Waals surface area contributed by atoms with Gasteiger partial charge in [0.25, 0.3) is 0 Å². The molecular weight excluding hydrogens is 380 g/mol. The average molecular weight is 394 g/mol. The van der Waals surface area contributed by atoms with Gasteiger partial charge in [-0.05, 0) is 42.3 Å². The van der Waals surface area contributed by atoms with E-state index in [1.54, 1.807) is 0 Å². The predicted molar refractivity (Wildman–Crippen MR) is 89.7 cm³/mol. The van der Waals surface area contributed by atoms with Crippen LogP contribution in [0.3, 0.4) is 0 Å². The molecule has 0 amide bonds. The van der Waals surface area contributed by atoms with Crippen molar-refractivity contribution in [1.82, 2.24) is 0 Å². The Morgan fingerprint density at radius 2 is 1.75 bits per heavy atom. The third kappa shape index (κ3) is 3.62. The molecule has 0 radical (unpaired) electrons. The molecule has 0 bridgehead atoms. The van der Waals surface area contributed by atoms with Gasteiger partial charge in [-0.1, -0.05) is 50.9 Å². The van der Waals surface area contributed by atoms with Gasteiger partial charge >= 0.3 is 0 Å². The summed E-state index contributed by atoms with van der Waals surface area (Å²) in [5, 5.41) is 12.7. The number of rotatable bonds is 4. The molecular formula is C16H14Br2N2. The zero-order valence-corrected chi connectivity index (χ0v) is 14.2. The average Bonchev–Trinajstić information content (AvgIpc) is 2.47. The molecule has 0 saturated carbocycles. The normalized spacial score (nSPS) is 11.7. The highest BCUT2D eigenvalue weighted by Gasteiger charge is 2.11. The van der Waals surface area contributed by atoms with Gasteiger partial charge in [0, 0.05) is 8.95 Å². The van der Waals surface area contributed by atoms with Gasteiger partial charge in [-0.3, -0.25) is 0 Å². The molecule has 2 aromatic carbocycles. The van der Waals surface area contributed by atoms with Crippen molar-refractivity contribution >= 4 is 37.5 Å². The van der Waals surface area contributed by atoms with Crippen molar-refractivity contribution in [3.8, 4) is 6.07 Å². The fourth-order valence-electron chi connectivity index (χ4n) is 2.04. The van der Waals surface area contributed by atoms with Crippen molar-refractivity contribution in [3.63, 3.8) is 0 Å². The fraction of sp³-hybridized carbons (Fsp3) is 0.188. The van der Waals surface area contributed by atoms with Crippen LogP contribution < -0.4 is 5.32 Å². The second kappa shape index (κ2) is 6.92. The quantitative estimate of drug-likeness (QED) is 0.728. The highest BCUT2D eigenvalue weighted by molar-refractivity contribution is 9.10. The lowest BCUT2D eigenvalue weighted by Gasteiger charge is -2.20. The third-order valence-electron chi connectivity index (χ3n) is 3.11. The van der Waals surface area contributed by atoms with Crippen LogP contribution in [0.15, 0.2) is 51.4 Å². The number of benzene rings is 2.